The van der Waals surface area contributed by atoms with Crippen LogP contribution in [0.25, 0.3) is 0 Å². The van der Waals surface area contributed by atoms with Crippen molar-refractivity contribution in [1.29, 1.82) is 0 Å². The molecular weight excluding hydrogens is 200 g/mol. The van der Waals surface area contributed by atoms with Crippen LogP contribution in [0.5, 0.6) is 0 Å². The number of hydrogen-bond donors (Lipinski definition) is 0. The maximum atomic E-state index is 3.75. The van der Waals surface area contributed by atoms with E-state index < -0.39 is 0 Å². The van der Waals surface area contributed by atoms with Crippen LogP contribution in [0, 0.1) is 11.3 Å². The Bertz CT molecular complexity index is 207. The number of hydrogen-bond acceptors (Lipinski definition) is 0. The molecular formula is C10H15Br. The van der Waals surface area contributed by atoms with Crippen molar-refractivity contribution in [2.75, 3.05) is 0 Å². The van der Waals surface area contributed by atoms with Crippen LogP contribution >= 0.6 is 15.9 Å². The fraction of sp³-hybridized carbons (Fsp3) is 0.800. The number of rotatable bonds is 0. The second-order valence-electron chi connectivity index (χ2n) is 4.10. The summed E-state index contributed by atoms with van der Waals surface area (Å²) < 4.78 is 0. The average molecular weight is 215 g/mol. The largest absolute Gasteiger partial charge is 0.0868 e. The number of allylic oxidation sites excluding steroid dienone is 2. The van der Waals surface area contributed by atoms with E-state index in [1.54, 1.807) is 5.57 Å². The quantitative estimate of drug-likeness (QED) is 0.428. The highest BCUT2D eigenvalue weighted by Gasteiger charge is 2.52. The molecule has 0 saturated heterocycles. The van der Waals surface area contributed by atoms with Crippen molar-refractivity contribution < 1.29 is 0 Å². The number of alkyl halides is 1. The first-order valence-electron chi connectivity index (χ1n) is 4.49. The zero-order valence-electron chi connectivity index (χ0n) is 7.23. The summed E-state index contributed by atoms with van der Waals surface area (Å²) in [4.78, 5) is 0.685. The van der Waals surface area contributed by atoms with Crippen molar-refractivity contribution in [2.24, 2.45) is 11.3 Å². The summed E-state index contributed by atoms with van der Waals surface area (Å²) in [5.41, 5.74) is 2.25. The third-order valence-corrected chi connectivity index (χ3v) is 4.58. The highest BCUT2D eigenvalue weighted by Crippen LogP contribution is 2.61. The Morgan fingerprint density at radius 2 is 2.36 bits per heavy atom. The fourth-order valence-corrected chi connectivity index (χ4v) is 4.02. The van der Waals surface area contributed by atoms with Gasteiger partial charge >= 0.3 is 0 Å². The molecule has 2 aliphatic carbocycles. The number of halogens is 1. The molecule has 0 nitrogen and oxygen atoms in total. The van der Waals surface area contributed by atoms with Gasteiger partial charge < -0.3 is 0 Å². The maximum Gasteiger partial charge on any atom is 0.0362 e. The molecule has 11 heavy (non-hydrogen) atoms. The van der Waals surface area contributed by atoms with Gasteiger partial charge in [-0.25, -0.2) is 0 Å². The summed E-state index contributed by atoms with van der Waals surface area (Å²) in [5.74, 6) is 0.984. The SMILES string of the molecule is C/C=C1\[C@H](Br)CC2CC[C@@]12C. The average Bonchev–Trinajstić information content (AvgIpc) is 2.12. The van der Waals surface area contributed by atoms with Crippen molar-refractivity contribution in [1.82, 2.24) is 0 Å². The van der Waals surface area contributed by atoms with Gasteiger partial charge in [0.2, 0.25) is 0 Å². The third kappa shape index (κ3) is 0.867. The predicted octanol–water partition coefficient (Wildman–Crippen LogP) is 3.52. The van der Waals surface area contributed by atoms with Crippen LogP contribution in [0.3, 0.4) is 0 Å². The van der Waals surface area contributed by atoms with E-state index in [4.69, 9.17) is 0 Å². The summed E-state index contributed by atoms with van der Waals surface area (Å²) in [5, 5.41) is 0. The lowest BCUT2D eigenvalue weighted by atomic mass is 9.62. The minimum absolute atomic E-state index is 0.586. The zero-order valence-corrected chi connectivity index (χ0v) is 8.82. The van der Waals surface area contributed by atoms with E-state index in [-0.39, 0.29) is 0 Å². The first-order valence-corrected chi connectivity index (χ1v) is 5.41. The van der Waals surface area contributed by atoms with E-state index >= 15 is 0 Å². The monoisotopic (exact) mass is 214 g/mol. The molecule has 0 amide bonds. The lowest BCUT2D eigenvalue weighted by Crippen LogP contribution is -2.33. The normalized spacial score (nSPS) is 52.5. The summed E-state index contributed by atoms with van der Waals surface area (Å²) in [6.45, 7) is 4.60. The molecule has 0 spiro atoms. The minimum atomic E-state index is 0.586. The summed E-state index contributed by atoms with van der Waals surface area (Å²) in [7, 11) is 0. The van der Waals surface area contributed by atoms with Crippen molar-refractivity contribution in [3.05, 3.63) is 11.6 Å². The fourth-order valence-electron chi connectivity index (χ4n) is 2.78. The van der Waals surface area contributed by atoms with Gasteiger partial charge in [0.1, 0.15) is 0 Å². The maximum absolute atomic E-state index is 3.75. The molecule has 2 saturated carbocycles. The predicted molar refractivity (Wildman–Crippen MR) is 51.9 cm³/mol. The van der Waals surface area contributed by atoms with Gasteiger partial charge in [0.15, 0.2) is 0 Å². The van der Waals surface area contributed by atoms with Gasteiger partial charge in [0.25, 0.3) is 0 Å². The molecule has 0 N–H and O–H groups in total. The number of fused-ring (bicyclic) bond motifs is 1. The molecule has 1 heteroatoms. The molecule has 0 aromatic carbocycles. The Labute approximate surface area is 77.2 Å². The third-order valence-electron chi connectivity index (χ3n) is 3.71. The molecule has 0 heterocycles. The summed E-state index contributed by atoms with van der Waals surface area (Å²) in [6.07, 6.45) is 6.56. The first-order chi connectivity index (χ1) is 5.18. The van der Waals surface area contributed by atoms with E-state index in [1.165, 1.54) is 19.3 Å². The van der Waals surface area contributed by atoms with Gasteiger partial charge in [-0.3, -0.25) is 0 Å². The van der Waals surface area contributed by atoms with Crippen LogP contribution in [0.15, 0.2) is 11.6 Å². The Morgan fingerprint density at radius 1 is 1.64 bits per heavy atom. The van der Waals surface area contributed by atoms with Crippen LogP contribution in [-0.2, 0) is 0 Å². The van der Waals surface area contributed by atoms with Crippen LogP contribution in [0.1, 0.15) is 33.1 Å². The second kappa shape index (κ2) is 2.35. The van der Waals surface area contributed by atoms with Crippen LogP contribution < -0.4 is 0 Å². The minimum Gasteiger partial charge on any atom is -0.0868 e. The summed E-state index contributed by atoms with van der Waals surface area (Å²) >= 11 is 3.75. The Kier molecular flexibility index (Phi) is 1.68. The Hall–Kier alpha value is 0.220. The second-order valence-corrected chi connectivity index (χ2v) is 5.21. The van der Waals surface area contributed by atoms with E-state index in [2.05, 4.69) is 35.9 Å². The molecule has 0 aliphatic heterocycles. The van der Waals surface area contributed by atoms with Crippen molar-refractivity contribution in [3.63, 3.8) is 0 Å². The van der Waals surface area contributed by atoms with Crippen molar-refractivity contribution in [3.8, 4) is 0 Å². The molecule has 2 fully saturated rings. The van der Waals surface area contributed by atoms with Gasteiger partial charge in [-0.05, 0) is 37.5 Å². The zero-order chi connectivity index (χ0) is 8.06. The first kappa shape index (κ1) is 7.85. The molecule has 2 rings (SSSR count). The van der Waals surface area contributed by atoms with Gasteiger partial charge in [-0.15, -0.1) is 0 Å². The van der Waals surface area contributed by atoms with Gasteiger partial charge in [-0.2, -0.15) is 0 Å². The van der Waals surface area contributed by atoms with Crippen molar-refractivity contribution in [2.45, 2.75) is 37.9 Å². The van der Waals surface area contributed by atoms with E-state index in [0.29, 0.717) is 10.2 Å². The van der Waals surface area contributed by atoms with E-state index in [1.807, 2.05) is 0 Å². The molecule has 3 atom stereocenters. The lowest BCUT2D eigenvalue weighted by Gasteiger charge is -2.43. The van der Waals surface area contributed by atoms with Crippen LogP contribution in [0.4, 0.5) is 0 Å². The molecule has 0 radical (unpaired) electrons. The standard InChI is InChI=1S/C10H15Br/c1-3-8-9(11)6-7-4-5-10(7,8)2/h3,7,9H,4-6H2,1-2H3/b8-3+/t7?,9-,10-/m1/s1. The van der Waals surface area contributed by atoms with Crippen LogP contribution in [-0.4, -0.2) is 4.83 Å². The van der Waals surface area contributed by atoms with E-state index in [9.17, 15) is 0 Å². The highest BCUT2D eigenvalue weighted by atomic mass is 79.9. The molecule has 0 bridgehead atoms. The van der Waals surface area contributed by atoms with Crippen molar-refractivity contribution >= 4 is 15.9 Å². The van der Waals surface area contributed by atoms with Gasteiger partial charge in [0, 0.05) is 4.83 Å². The Morgan fingerprint density at radius 3 is 2.64 bits per heavy atom. The molecule has 1 unspecified atom stereocenters. The molecule has 0 aromatic heterocycles. The molecule has 2 aliphatic rings. The lowest BCUT2D eigenvalue weighted by molar-refractivity contribution is 0.124. The van der Waals surface area contributed by atoms with Gasteiger partial charge in [0.05, 0.1) is 0 Å². The highest BCUT2D eigenvalue weighted by molar-refractivity contribution is 9.09. The smallest absolute Gasteiger partial charge is 0.0362 e. The molecule has 62 valence electrons. The molecule has 0 aromatic rings. The van der Waals surface area contributed by atoms with E-state index in [0.717, 1.165) is 5.92 Å². The van der Waals surface area contributed by atoms with Gasteiger partial charge in [-0.1, -0.05) is 34.5 Å². The summed E-state index contributed by atoms with van der Waals surface area (Å²) in [6, 6.07) is 0. The topological polar surface area (TPSA) is 0 Å². The van der Waals surface area contributed by atoms with Crippen LogP contribution in [0.2, 0.25) is 0 Å². The Balaban J connectivity index is 2.31.